The average molecular weight is 260 g/mol. The van der Waals surface area contributed by atoms with Gasteiger partial charge in [0.1, 0.15) is 5.84 Å². The molecule has 0 amide bonds. The Bertz CT molecular complexity index is 348. The Kier molecular flexibility index (Phi) is 7.13. The van der Waals surface area contributed by atoms with Crippen LogP contribution >= 0.6 is 0 Å². The molecule has 18 heavy (non-hydrogen) atoms. The first-order chi connectivity index (χ1) is 8.26. The van der Waals surface area contributed by atoms with Crippen molar-refractivity contribution in [1.82, 2.24) is 4.90 Å². The van der Waals surface area contributed by atoms with Crippen LogP contribution in [0.1, 0.15) is 26.7 Å². The van der Waals surface area contributed by atoms with Crippen LogP contribution in [0, 0.1) is 0 Å². The highest BCUT2D eigenvalue weighted by Gasteiger charge is 2.24. The number of allylic oxidation sites excluding steroid dienone is 1. The Hall–Kier alpha value is -1.48. The van der Waals surface area contributed by atoms with Gasteiger partial charge in [-0.3, -0.25) is 4.99 Å². The van der Waals surface area contributed by atoms with Gasteiger partial charge in [-0.15, -0.1) is 5.73 Å². The molecule has 0 aromatic rings. The zero-order valence-electron chi connectivity index (χ0n) is 11.0. The third-order valence-electron chi connectivity index (χ3n) is 1.92. The van der Waals surface area contributed by atoms with Crippen molar-refractivity contribution in [3.05, 3.63) is 30.7 Å². The first-order valence-electron chi connectivity index (χ1n) is 5.63. The summed E-state index contributed by atoms with van der Waals surface area (Å²) in [6.07, 6.45) is -0.535. The van der Waals surface area contributed by atoms with Crippen LogP contribution in [0.15, 0.2) is 35.7 Å². The molecule has 0 saturated carbocycles. The molecule has 0 aromatic carbocycles. The monoisotopic (exact) mass is 260 g/mol. The van der Waals surface area contributed by atoms with E-state index in [4.69, 9.17) is 0 Å². The predicted molar refractivity (Wildman–Crippen MR) is 68.5 cm³/mol. The number of nitrogens with zero attached hydrogens (tertiary/aromatic N) is 2. The summed E-state index contributed by atoms with van der Waals surface area (Å²) in [5.74, 6) is 0.680. The lowest BCUT2D eigenvalue weighted by Gasteiger charge is -2.16. The van der Waals surface area contributed by atoms with E-state index in [2.05, 4.69) is 17.3 Å². The summed E-state index contributed by atoms with van der Waals surface area (Å²) in [7, 11) is 1.76. The molecule has 0 saturated heterocycles. The molecular weight excluding hydrogens is 241 g/mol. The highest BCUT2D eigenvalue weighted by atomic mass is 19.4. The van der Waals surface area contributed by atoms with Crippen molar-refractivity contribution in [3.8, 4) is 0 Å². The van der Waals surface area contributed by atoms with Gasteiger partial charge in [0.2, 0.25) is 0 Å². The quantitative estimate of drug-likeness (QED) is 0.316. The van der Waals surface area contributed by atoms with Crippen LogP contribution < -0.4 is 0 Å². The highest BCUT2D eigenvalue weighted by molar-refractivity contribution is 5.84. The van der Waals surface area contributed by atoms with E-state index in [0.29, 0.717) is 12.3 Å². The van der Waals surface area contributed by atoms with Crippen LogP contribution in [0.5, 0.6) is 0 Å². The molecule has 102 valence electrons. The number of hydrogen-bond acceptors (Lipinski definition) is 1. The minimum atomic E-state index is -4.15. The van der Waals surface area contributed by atoms with Gasteiger partial charge in [-0.05, 0) is 13.8 Å². The summed E-state index contributed by atoms with van der Waals surface area (Å²) in [5.41, 5.74) is 2.60. The van der Waals surface area contributed by atoms with Gasteiger partial charge in [0.25, 0.3) is 0 Å². The molecule has 0 aliphatic carbocycles. The molecule has 2 nitrogen and oxygen atoms in total. The second kappa shape index (κ2) is 7.77. The van der Waals surface area contributed by atoms with Crippen molar-refractivity contribution in [2.24, 2.45) is 4.99 Å². The Morgan fingerprint density at radius 3 is 2.44 bits per heavy atom. The summed E-state index contributed by atoms with van der Waals surface area (Å²) in [6.45, 7) is 7.26. The van der Waals surface area contributed by atoms with Crippen LogP contribution in [-0.2, 0) is 0 Å². The second-order valence-electron chi connectivity index (χ2n) is 4.08. The molecule has 5 heteroatoms. The van der Waals surface area contributed by atoms with Crippen molar-refractivity contribution in [2.75, 3.05) is 7.05 Å². The van der Waals surface area contributed by atoms with E-state index < -0.39 is 12.6 Å². The van der Waals surface area contributed by atoms with Crippen molar-refractivity contribution in [1.29, 1.82) is 0 Å². The van der Waals surface area contributed by atoms with Crippen LogP contribution in [-0.4, -0.2) is 30.0 Å². The smallest absolute Gasteiger partial charge is 0.333 e. The maximum Gasteiger partial charge on any atom is 0.392 e. The Labute approximate surface area is 106 Å². The van der Waals surface area contributed by atoms with Gasteiger partial charge in [0.05, 0.1) is 6.42 Å². The molecule has 0 aliphatic rings. The van der Waals surface area contributed by atoms with Gasteiger partial charge in [0.15, 0.2) is 0 Å². The van der Waals surface area contributed by atoms with Crippen molar-refractivity contribution < 1.29 is 13.2 Å². The minimum absolute atomic E-state index is 0.0803. The number of alkyl halides is 3. The number of amidine groups is 1. The third kappa shape index (κ3) is 8.65. The summed E-state index contributed by atoms with van der Waals surface area (Å²) in [6, 6.07) is 0.0803. The van der Waals surface area contributed by atoms with E-state index in [1.807, 2.05) is 13.8 Å². The normalized spacial score (nSPS) is 12.9. The van der Waals surface area contributed by atoms with Gasteiger partial charge in [-0.25, -0.2) is 0 Å². The lowest BCUT2D eigenvalue weighted by Crippen LogP contribution is -2.21. The fourth-order valence-corrected chi connectivity index (χ4v) is 1.20. The Morgan fingerprint density at radius 1 is 1.39 bits per heavy atom. The summed E-state index contributed by atoms with van der Waals surface area (Å²) in [4.78, 5) is 6.04. The largest absolute Gasteiger partial charge is 0.392 e. The molecule has 0 bridgehead atoms. The van der Waals surface area contributed by atoms with E-state index in [9.17, 15) is 13.2 Å². The summed E-state index contributed by atoms with van der Waals surface area (Å²) in [5, 5.41) is 0. The predicted octanol–water partition coefficient (Wildman–Crippen LogP) is 3.92. The maximum atomic E-state index is 12.0. The molecular formula is C13H19F3N2. The van der Waals surface area contributed by atoms with Crippen LogP contribution in [0.2, 0.25) is 0 Å². The number of halogens is 3. The summed E-state index contributed by atoms with van der Waals surface area (Å²) < 4.78 is 35.9. The number of aliphatic imine (C=N–C) groups is 1. The topological polar surface area (TPSA) is 15.6 Å². The second-order valence-corrected chi connectivity index (χ2v) is 4.08. The van der Waals surface area contributed by atoms with Gasteiger partial charge < -0.3 is 4.90 Å². The van der Waals surface area contributed by atoms with E-state index in [0.717, 1.165) is 6.08 Å². The minimum Gasteiger partial charge on any atom is -0.333 e. The molecule has 0 spiro atoms. The Morgan fingerprint density at radius 2 is 2.00 bits per heavy atom. The molecule has 0 radical (unpaired) electrons. The van der Waals surface area contributed by atoms with E-state index in [-0.39, 0.29) is 6.04 Å². The van der Waals surface area contributed by atoms with Crippen LogP contribution in [0.3, 0.4) is 0 Å². The van der Waals surface area contributed by atoms with Gasteiger partial charge >= 0.3 is 6.18 Å². The molecule has 0 fully saturated rings. The van der Waals surface area contributed by atoms with Crippen molar-refractivity contribution in [3.63, 3.8) is 0 Å². The van der Waals surface area contributed by atoms with Crippen LogP contribution in [0.4, 0.5) is 13.2 Å². The molecule has 0 rings (SSSR count). The SMILES string of the molecule is C=C=CN(C)C(C/C=C\CC(F)(F)F)=NC(C)C. The Balaban J connectivity index is 4.58. The third-order valence-corrected chi connectivity index (χ3v) is 1.92. The maximum absolute atomic E-state index is 12.0. The van der Waals surface area contributed by atoms with Gasteiger partial charge in [-0.2, -0.15) is 13.2 Å². The first kappa shape index (κ1) is 16.5. The van der Waals surface area contributed by atoms with Gasteiger partial charge in [-0.1, -0.05) is 18.7 Å². The molecule has 0 atom stereocenters. The summed E-state index contributed by atoms with van der Waals surface area (Å²) >= 11 is 0. The van der Waals surface area contributed by atoms with E-state index in [1.165, 1.54) is 6.08 Å². The molecule has 0 aromatic heterocycles. The average Bonchev–Trinajstić information content (AvgIpc) is 2.21. The fraction of sp³-hybridized carbons (Fsp3) is 0.538. The molecule has 0 aliphatic heterocycles. The van der Waals surface area contributed by atoms with Crippen molar-refractivity contribution >= 4 is 5.84 Å². The number of rotatable bonds is 5. The molecule has 0 unspecified atom stereocenters. The number of hydrogen-bond donors (Lipinski definition) is 0. The fourth-order valence-electron chi connectivity index (χ4n) is 1.20. The zero-order valence-corrected chi connectivity index (χ0v) is 11.0. The van der Waals surface area contributed by atoms with E-state index in [1.54, 1.807) is 18.1 Å². The zero-order chi connectivity index (χ0) is 14.2. The first-order valence-corrected chi connectivity index (χ1v) is 5.63. The molecule has 0 heterocycles. The van der Waals surface area contributed by atoms with Crippen molar-refractivity contribution in [2.45, 2.75) is 38.9 Å². The lowest BCUT2D eigenvalue weighted by molar-refractivity contribution is -0.125. The van der Waals surface area contributed by atoms with Crippen LogP contribution in [0.25, 0.3) is 0 Å². The van der Waals surface area contributed by atoms with Gasteiger partial charge in [0, 0.05) is 25.7 Å². The standard InChI is InChI=1S/C13H19F3N2/c1-5-10-18(4)12(17-11(2)3)8-6-7-9-13(14,15)16/h6-7,10-11H,1,8-9H2,2-4H3/b7-6-,17-12?. The molecule has 0 N–H and O–H groups in total. The van der Waals surface area contributed by atoms with E-state index >= 15 is 0 Å². The lowest BCUT2D eigenvalue weighted by atomic mass is 10.3. The highest BCUT2D eigenvalue weighted by Crippen LogP contribution is 2.19.